The summed E-state index contributed by atoms with van der Waals surface area (Å²) in [6, 6.07) is 3.78. The van der Waals surface area contributed by atoms with Crippen LogP contribution in [0.25, 0.3) is 0 Å². The molecule has 2 rings (SSSR count). The fourth-order valence-corrected chi connectivity index (χ4v) is 2.40. The van der Waals surface area contributed by atoms with Crippen molar-refractivity contribution >= 4 is 5.82 Å². The molecule has 4 nitrogen and oxygen atoms in total. The SMILES string of the molecule is C[C@@H](O)c1cccnc1N(C)CC1CCCCO1. The van der Waals surface area contributed by atoms with E-state index in [2.05, 4.69) is 9.88 Å². The topological polar surface area (TPSA) is 45.6 Å². The molecule has 4 heteroatoms. The summed E-state index contributed by atoms with van der Waals surface area (Å²) < 4.78 is 5.74. The molecular formula is C14H22N2O2. The highest BCUT2D eigenvalue weighted by Crippen LogP contribution is 2.24. The van der Waals surface area contributed by atoms with E-state index in [0.29, 0.717) is 0 Å². The number of ether oxygens (including phenoxy) is 1. The largest absolute Gasteiger partial charge is 0.389 e. The number of hydrogen-bond acceptors (Lipinski definition) is 4. The molecule has 1 fully saturated rings. The lowest BCUT2D eigenvalue weighted by Crippen LogP contribution is -2.34. The lowest BCUT2D eigenvalue weighted by molar-refractivity contribution is 0.0214. The van der Waals surface area contributed by atoms with Crippen LogP contribution in [0.2, 0.25) is 0 Å². The van der Waals surface area contributed by atoms with Crippen molar-refractivity contribution in [2.75, 3.05) is 25.1 Å². The smallest absolute Gasteiger partial charge is 0.134 e. The number of hydrogen-bond donors (Lipinski definition) is 1. The first-order chi connectivity index (χ1) is 8.68. The first-order valence-corrected chi connectivity index (χ1v) is 6.64. The van der Waals surface area contributed by atoms with Crippen LogP contribution in [0.5, 0.6) is 0 Å². The first-order valence-electron chi connectivity index (χ1n) is 6.64. The molecule has 100 valence electrons. The fraction of sp³-hybridized carbons (Fsp3) is 0.643. The molecule has 18 heavy (non-hydrogen) atoms. The maximum atomic E-state index is 9.76. The molecular weight excluding hydrogens is 228 g/mol. The second-order valence-electron chi connectivity index (χ2n) is 4.96. The minimum atomic E-state index is -0.497. The Kier molecular flexibility index (Phi) is 4.55. The summed E-state index contributed by atoms with van der Waals surface area (Å²) in [4.78, 5) is 6.46. The fourth-order valence-electron chi connectivity index (χ4n) is 2.40. The van der Waals surface area contributed by atoms with Crippen LogP contribution in [-0.2, 0) is 4.74 Å². The Morgan fingerprint density at radius 3 is 3.06 bits per heavy atom. The molecule has 1 saturated heterocycles. The molecule has 2 atom stereocenters. The van der Waals surface area contributed by atoms with Crippen molar-refractivity contribution in [1.29, 1.82) is 0 Å². The Morgan fingerprint density at radius 1 is 1.56 bits per heavy atom. The second kappa shape index (κ2) is 6.16. The molecule has 0 saturated carbocycles. The average molecular weight is 250 g/mol. The van der Waals surface area contributed by atoms with E-state index in [9.17, 15) is 5.11 Å². The summed E-state index contributed by atoms with van der Waals surface area (Å²) in [6.07, 6.45) is 5.07. The molecule has 1 aliphatic rings. The van der Waals surface area contributed by atoms with Gasteiger partial charge in [-0.15, -0.1) is 0 Å². The third kappa shape index (κ3) is 3.21. The number of aliphatic hydroxyl groups is 1. The standard InChI is InChI=1S/C14H22N2O2/c1-11(17)13-7-5-8-15-14(13)16(2)10-12-6-3-4-9-18-12/h5,7-8,11-12,17H,3-4,6,9-10H2,1-2H3/t11-,12?/m1/s1. The maximum absolute atomic E-state index is 9.76. The number of aliphatic hydroxyl groups excluding tert-OH is 1. The van der Waals surface area contributed by atoms with Gasteiger partial charge in [0.1, 0.15) is 5.82 Å². The number of pyridine rings is 1. The van der Waals surface area contributed by atoms with E-state index < -0.39 is 6.10 Å². The van der Waals surface area contributed by atoms with Crippen LogP contribution in [-0.4, -0.2) is 36.4 Å². The van der Waals surface area contributed by atoms with Crippen LogP contribution in [0.4, 0.5) is 5.82 Å². The normalized spacial score (nSPS) is 21.6. The Labute approximate surface area is 109 Å². The van der Waals surface area contributed by atoms with Gasteiger partial charge in [-0.3, -0.25) is 0 Å². The van der Waals surface area contributed by atoms with E-state index in [1.165, 1.54) is 12.8 Å². The van der Waals surface area contributed by atoms with Crippen LogP contribution in [0.1, 0.15) is 37.9 Å². The number of anilines is 1. The average Bonchev–Trinajstić information content (AvgIpc) is 2.40. The zero-order valence-electron chi connectivity index (χ0n) is 11.2. The highest BCUT2D eigenvalue weighted by molar-refractivity contribution is 5.47. The molecule has 1 N–H and O–H groups in total. The van der Waals surface area contributed by atoms with Gasteiger partial charge in [-0.1, -0.05) is 6.07 Å². The van der Waals surface area contributed by atoms with E-state index in [0.717, 1.165) is 31.0 Å². The Morgan fingerprint density at radius 2 is 2.39 bits per heavy atom. The van der Waals surface area contributed by atoms with Crippen LogP contribution in [0.3, 0.4) is 0 Å². The summed E-state index contributed by atoms with van der Waals surface area (Å²) >= 11 is 0. The third-order valence-electron chi connectivity index (χ3n) is 3.38. The molecule has 1 aromatic rings. The monoisotopic (exact) mass is 250 g/mol. The zero-order valence-corrected chi connectivity index (χ0v) is 11.2. The Hall–Kier alpha value is -1.13. The quantitative estimate of drug-likeness (QED) is 0.889. The van der Waals surface area contributed by atoms with Crippen molar-refractivity contribution in [2.45, 2.75) is 38.4 Å². The van der Waals surface area contributed by atoms with E-state index in [4.69, 9.17) is 4.74 Å². The van der Waals surface area contributed by atoms with Crippen LogP contribution < -0.4 is 4.90 Å². The van der Waals surface area contributed by atoms with Gasteiger partial charge in [0.2, 0.25) is 0 Å². The molecule has 0 spiro atoms. The molecule has 0 radical (unpaired) electrons. The van der Waals surface area contributed by atoms with Crippen molar-refractivity contribution < 1.29 is 9.84 Å². The van der Waals surface area contributed by atoms with E-state index in [-0.39, 0.29) is 6.10 Å². The van der Waals surface area contributed by atoms with Crippen molar-refractivity contribution in [1.82, 2.24) is 4.98 Å². The predicted octanol–water partition coefficient (Wildman–Crippen LogP) is 2.14. The number of rotatable bonds is 4. The van der Waals surface area contributed by atoms with Gasteiger partial charge in [-0.05, 0) is 32.3 Å². The van der Waals surface area contributed by atoms with Crippen LogP contribution in [0, 0.1) is 0 Å². The van der Waals surface area contributed by atoms with Gasteiger partial charge < -0.3 is 14.7 Å². The zero-order chi connectivity index (χ0) is 13.0. The van der Waals surface area contributed by atoms with E-state index in [1.807, 2.05) is 19.2 Å². The molecule has 0 aliphatic carbocycles. The number of aromatic nitrogens is 1. The van der Waals surface area contributed by atoms with Crippen molar-refractivity contribution in [3.63, 3.8) is 0 Å². The van der Waals surface area contributed by atoms with Gasteiger partial charge in [0.25, 0.3) is 0 Å². The molecule has 1 unspecified atom stereocenters. The van der Waals surface area contributed by atoms with Gasteiger partial charge in [-0.2, -0.15) is 0 Å². The molecule has 0 bridgehead atoms. The molecule has 1 aliphatic heterocycles. The van der Waals surface area contributed by atoms with Crippen molar-refractivity contribution in [3.05, 3.63) is 23.9 Å². The summed E-state index contributed by atoms with van der Waals surface area (Å²) in [5, 5.41) is 9.76. The molecule has 0 aromatic carbocycles. The van der Waals surface area contributed by atoms with E-state index >= 15 is 0 Å². The number of nitrogens with zero attached hydrogens (tertiary/aromatic N) is 2. The summed E-state index contributed by atoms with van der Waals surface area (Å²) in [6.45, 7) is 3.46. The van der Waals surface area contributed by atoms with Crippen LogP contribution in [0.15, 0.2) is 18.3 Å². The maximum Gasteiger partial charge on any atom is 0.134 e. The van der Waals surface area contributed by atoms with E-state index in [1.54, 1.807) is 13.1 Å². The Bertz CT molecular complexity index is 376. The highest BCUT2D eigenvalue weighted by Gasteiger charge is 2.19. The minimum Gasteiger partial charge on any atom is -0.389 e. The Balaban J connectivity index is 2.05. The lowest BCUT2D eigenvalue weighted by Gasteiger charge is -2.29. The van der Waals surface area contributed by atoms with Gasteiger partial charge >= 0.3 is 0 Å². The minimum absolute atomic E-state index is 0.285. The number of likely N-dealkylation sites (N-methyl/N-ethyl adjacent to an activating group) is 1. The molecule has 0 amide bonds. The third-order valence-corrected chi connectivity index (χ3v) is 3.38. The first kappa shape index (κ1) is 13.3. The van der Waals surface area contributed by atoms with Gasteiger partial charge in [0.15, 0.2) is 0 Å². The van der Waals surface area contributed by atoms with Crippen molar-refractivity contribution in [2.24, 2.45) is 0 Å². The highest BCUT2D eigenvalue weighted by atomic mass is 16.5. The summed E-state index contributed by atoms with van der Waals surface area (Å²) in [7, 11) is 2.01. The summed E-state index contributed by atoms with van der Waals surface area (Å²) in [5.41, 5.74) is 0.871. The predicted molar refractivity (Wildman–Crippen MR) is 71.7 cm³/mol. The van der Waals surface area contributed by atoms with Crippen molar-refractivity contribution in [3.8, 4) is 0 Å². The summed E-state index contributed by atoms with van der Waals surface area (Å²) in [5.74, 6) is 0.849. The van der Waals surface area contributed by atoms with Gasteiger partial charge in [0.05, 0.1) is 12.2 Å². The van der Waals surface area contributed by atoms with Gasteiger partial charge in [0, 0.05) is 32.0 Å². The van der Waals surface area contributed by atoms with Gasteiger partial charge in [-0.25, -0.2) is 4.98 Å². The second-order valence-corrected chi connectivity index (χ2v) is 4.96. The molecule has 1 aromatic heterocycles. The lowest BCUT2D eigenvalue weighted by atomic mass is 10.1. The molecule has 2 heterocycles. The van der Waals surface area contributed by atoms with Crippen LogP contribution >= 0.6 is 0 Å².